The summed E-state index contributed by atoms with van der Waals surface area (Å²) in [6.45, 7) is 3.99. The van der Waals surface area contributed by atoms with Crippen LogP contribution in [0.4, 0.5) is 0 Å². The van der Waals surface area contributed by atoms with Crippen LogP contribution in [0.5, 0.6) is 0 Å². The second kappa shape index (κ2) is 8.84. The molecule has 22 heavy (non-hydrogen) atoms. The summed E-state index contributed by atoms with van der Waals surface area (Å²) in [4.78, 5) is 4.47. The van der Waals surface area contributed by atoms with E-state index in [0.717, 1.165) is 23.8 Å². The molecule has 0 fully saturated rings. The topological polar surface area (TPSA) is 85.3 Å². The maximum Gasteiger partial charge on any atom is 0.191 e. The van der Waals surface area contributed by atoms with Crippen LogP contribution < -0.4 is 10.6 Å². The molecule has 1 unspecified atom stereocenters. The van der Waals surface area contributed by atoms with Gasteiger partial charge in [-0.05, 0) is 25.0 Å². The number of hydrogen-bond donors (Lipinski definition) is 4. The third-order valence-corrected chi connectivity index (χ3v) is 3.20. The molecule has 0 aliphatic rings. The predicted octanol–water partition coefficient (Wildman–Crippen LogP) is 1.59. The highest BCUT2D eigenvalue weighted by atomic mass is 16.3. The average molecular weight is 301 g/mol. The van der Waals surface area contributed by atoms with E-state index in [0.29, 0.717) is 19.5 Å². The number of nitrogens with one attached hydrogen (secondary N) is 3. The molecule has 0 spiro atoms. The minimum Gasteiger partial charge on any atom is -0.388 e. The zero-order valence-corrected chi connectivity index (χ0v) is 12.8. The van der Waals surface area contributed by atoms with Gasteiger partial charge in [0.2, 0.25) is 0 Å². The minimum atomic E-state index is -0.468. The van der Waals surface area contributed by atoms with E-state index in [-0.39, 0.29) is 0 Å². The molecule has 118 valence electrons. The lowest BCUT2D eigenvalue weighted by Gasteiger charge is -2.14. The van der Waals surface area contributed by atoms with Crippen LogP contribution in [0.25, 0.3) is 0 Å². The van der Waals surface area contributed by atoms with Gasteiger partial charge in [-0.3, -0.25) is 5.10 Å². The van der Waals surface area contributed by atoms with Crippen molar-refractivity contribution in [3.8, 4) is 0 Å². The molecule has 0 aliphatic carbocycles. The zero-order chi connectivity index (χ0) is 15.6. The Morgan fingerprint density at radius 1 is 1.27 bits per heavy atom. The van der Waals surface area contributed by atoms with Crippen molar-refractivity contribution in [2.24, 2.45) is 4.99 Å². The second-order valence-electron chi connectivity index (χ2n) is 4.92. The van der Waals surface area contributed by atoms with Gasteiger partial charge in [-0.2, -0.15) is 5.10 Å². The highest BCUT2D eigenvalue weighted by Crippen LogP contribution is 2.14. The van der Waals surface area contributed by atoms with E-state index in [9.17, 15) is 5.11 Å². The Labute approximate surface area is 130 Å². The fourth-order valence-electron chi connectivity index (χ4n) is 2.05. The summed E-state index contributed by atoms with van der Waals surface area (Å²) in [7, 11) is 0. The van der Waals surface area contributed by atoms with E-state index in [1.807, 2.05) is 43.3 Å². The highest BCUT2D eigenvalue weighted by Gasteiger charge is 2.06. The Kier molecular flexibility index (Phi) is 6.44. The van der Waals surface area contributed by atoms with Gasteiger partial charge in [0.05, 0.1) is 18.3 Å². The van der Waals surface area contributed by atoms with Crippen LogP contribution in [0, 0.1) is 0 Å². The van der Waals surface area contributed by atoms with Gasteiger partial charge in [-0.15, -0.1) is 0 Å². The Morgan fingerprint density at radius 3 is 2.77 bits per heavy atom. The van der Waals surface area contributed by atoms with Crippen LogP contribution in [-0.4, -0.2) is 34.4 Å². The molecule has 1 atom stereocenters. The van der Waals surface area contributed by atoms with Gasteiger partial charge >= 0.3 is 0 Å². The van der Waals surface area contributed by atoms with Crippen LogP contribution in [0.1, 0.15) is 30.7 Å². The van der Waals surface area contributed by atoms with Crippen molar-refractivity contribution >= 4 is 5.96 Å². The lowest BCUT2D eigenvalue weighted by atomic mass is 10.1. The number of aliphatic hydroxyl groups excluding tert-OH is 1. The molecule has 0 aliphatic heterocycles. The fraction of sp³-hybridized carbons (Fsp3) is 0.375. The molecule has 0 bridgehead atoms. The maximum absolute atomic E-state index is 10.1. The molecule has 0 amide bonds. The van der Waals surface area contributed by atoms with E-state index >= 15 is 0 Å². The van der Waals surface area contributed by atoms with Crippen molar-refractivity contribution in [3.63, 3.8) is 0 Å². The van der Waals surface area contributed by atoms with E-state index in [1.54, 1.807) is 6.20 Å². The largest absolute Gasteiger partial charge is 0.388 e. The first-order chi connectivity index (χ1) is 10.8. The lowest BCUT2D eigenvalue weighted by Crippen LogP contribution is -2.38. The smallest absolute Gasteiger partial charge is 0.191 e. The summed E-state index contributed by atoms with van der Waals surface area (Å²) in [5.74, 6) is 0.734. The first-order valence-corrected chi connectivity index (χ1v) is 7.53. The van der Waals surface area contributed by atoms with Gasteiger partial charge in [0.15, 0.2) is 5.96 Å². The minimum absolute atomic E-state index is 0.468. The normalized spacial score (nSPS) is 12.9. The number of hydrogen-bond acceptors (Lipinski definition) is 3. The number of guanidine groups is 1. The number of benzene rings is 1. The van der Waals surface area contributed by atoms with Crippen LogP contribution >= 0.6 is 0 Å². The molecule has 1 aromatic heterocycles. The molecule has 6 nitrogen and oxygen atoms in total. The van der Waals surface area contributed by atoms with E-state index in [2.05, 4.69) is 25.8 Å². The highest BCUT2D eigenvalue weighted by molar-refractivity contribution is 5.79. The number of aromatic amines is 1. The number of H-pyrrole nitrogens is 1. The fourth-order valence-corrected chi connectivity index (χ4v) is 2.05. The van der Waals surface area contributed by atoms with E-state index < -0.39 is 6.10 Å². The average Bonchev–Trinajstić information content (AvgIpc) is 3.06. The van der Waals surface area contributed by atoms with Crippen molar-refractivity contribution in [3.05, 3.63) is 53.9 Å². The molecule has 2 aromatic rings. The monoisotopic (exact) mass is 301 g/mol. The number of aliphatic hydroxyl groups is 1. The van der Waals surface area contributed by atoms with Crippen LogP contribution in [0.15, 0.2) is 47.6 Å². The zero-order valence-electron chi connectivity index (χ0n) is 12.8. The van der Waals surface area contributed by atoms with Crippen molar-refractivity contribution in [1.82, 2.24) is 20.8 Å². The standard InChI is InChI=1S/C16H23N5O/c1-2-17-16(19-12-14-8-11-20-21-14)18-10-9-15(22)13-6-4-3-5-7-13/h3-8,11,15,22H,2,9-10,12H2,1H3,(H,20,21)(H2,17,18,19). The Hall–Kier alpha value is -2.34. The molecule has 0 saturated carbocycles. The summed E-state index contributed by atoms with van der Waals surface area (Å²) in [5.41, 5.74) is 1.89. The maximum atomic E-state index is 10.1. The van der Waals surface area contributed by atoms with Gasteiger partial charge in [-0.25, -0.2) is 4.99 Å². The molecular weight excluding hydrogens is 278 g/mol. The third-order valence-electron chi connectivity index (χ3n) is 3.20. The first kappa shape index (κ1) is 16.0. The SMILES string of the molecule is CCNC(=NCc1ccn[nH]1)NCCC(O)c1ccccc1. The number of nitrogens with zero attached hydrogens (tertiary/aromatic N) is 2. The van der Waals surface area contributed by atoms with E-state index in [1.165, 1.54) is 0 Å². The van der Waals surface area contributed by atoms with Crippen LogP contribution in [0.3, 0.4) is 0 Å². The Morgan fingerprint density at radius 2 is 2.09 bits per heavy atom. The van der Waals surface area contributed by atoms with Gasteiger partial charge in [-0.1, -0.05) is 30.3 Å². The van der Waals surface area contributed by atoms with Crippen molar-refractivity contribution in [2.75, 3.05) is 13.1 Å². The molecule has 0 saturated heterocycles. The molecule has 0 radical (unpaired) electrons. The van der Waals surface area contributed by atoms with Crippen molar-refractivity contribution in [1.29, 1.82) is 0 Å². The second-order valence-corrected chi connectivity index (χ2v) is 4.92. The van der Waals surface area contributed by atoms with Crippen molar-refractivity contribution < 1.29 is 5.11 Å². The molecule has 6 heteroatoms. The lowest BCUT2D eigenvalue weighted by molar-refractivity contribution is 0.168. The number of rotatable bonds is 7. The predicted molar refractivity (Wildman–Crippen MR) is 87.4 cm³/mol. The molecule has 4 N–H and O–H groups in total. The quantitative estimate of drug-likeness (QED) is 0.462. The molecule has 1 heterocycles. The Bertz CT molecular complexity index is 553. The number of aliphatic imine (C=N–C) groups is 1. The summed E-state index contributed by atoms with van der Waals surface area (Å²) in [6, 6.07) is 11.6. The van der Waals surface area contributed by atoms with Gasteiger partial charge in [0.1, 0.15) is 0 Å². The summed E-state index contributed by atoms with van der Waals surface area (Å²) in [5, 5.41) is 23.3. The third kappa shape index (κ3) is 5.21. The van der Waals surface area contributed by atoms with Crippen molar-refractivity contribution in [2.45, 2.75) is 26.0 Å². The molecule has 2 rings (SSSR count). The molecule has 1 aromatic carbocycles. The Balaban J connectivity index is 1.80. The summed E-state index contributed by atoms with van der Waals surface area (Å²) < 4.78 is 0. The van der Waals surface area contributed by atoms with E-state index in [4.69, 9.17) is 0 Å². The number of aromatic nitrogens is 2. The van der Waals surface area contributed by atoms with Crippen LogP contribution in [-0.2, 0) is 6.54 Å². The summed E-state index contributed by atoms with van der Waals surface area (Å²) in [6.07, 6.45) is 1.86. The first-order valence-electron chi connectivity index (χ1n) is 7.53. The van der Waals surface area contributed by atoms with Crippen LogP contribution in [0.2, 0.25) is 0 Å². The molecular formula is C16H23N5O. The van der Waals surface area contributed by atoms with Gasteiger partial charge < -0.3 is 15.7 Å². The summed E-state index contributed by atoms with van der Waals surface area (Å²) >= 11 is 0. The van der Waals surface area contributed by atoms with Gasteiger partial charge in [0.25, 0.3) is 0 Å². The van der Waals surface area contributed by atoms with Gasteiger partial charge in [0, 0.05) is 19.3 Å².